The van der Waals surface area contributed by atoms with Gasteiger partial charge < -0.3 is 14.6 Å². The van der Waals surface area contributed by atoms with Gasteiger partial charge >= 0.3 is 0 Å². The molecule has 21 heavy (non-hydrogen) atoms. The van der Waals surface area contributed by atoms with Crippen molar-refractivity contribution in [2.75, 3.05) is 26.4 Å². The molecule has 0 amide bonds. The van der Waals surface area contributed by atoms with Crippen LogP contribution in [0.25, 0.3) is 0 Å². The van der Waals surface area contributed by atoms with Gasteiger partial charge in [-0.2, -0.15) is 0 Å². The van der Waals surface area contributed by atoms with Crippen LogP contribution in [0.5, 0.6) is 5.75 Å². The van der Waals surface area contributed by atoms with Gasteiger partial charge in [0, 0.05) is 18.6 Å². The van der Waals surface area contributed by atoms with E-state index in [-0.39, 0.29) is 6.61 Å². The molecule has 3 heteroatoms. The van der Waals surface area contributed by atoms with Crippen LogP contribution in [0.4, 0.5) is 0 Å². The van der Waals surface area contributed by atoms with E-state index in [1.54, 1.807) is 0 Å². The highest BCUT2D eigenvalue weighted by atomic mass is 16.5. The number of rotatable bonds is 7. The van der Waals surface area contributed by atoms with Gasteiger partial charge in [-0.25, -0.2) is 0 Å². The van der Waals surface area contributed by atoms with Crippen LogP contribution in [0.15, 0.2) is 24.3 Å². The standard InChI is InChI=1S/C18H26O3/c1-18(2,3)10-12-20-13-14-21-17-9-6-8-16(15-17)7-4-5-11-19/h6,8-9,15,19H,5,10-14H2,1-3H3. The Morgan fingerprint density at radius 3 is 2.67 bits per heavy atom. The molecule has 1 rings (SSSR count). The minimum Gasteiger partial charge on any atom is -0.491 e. The lowest BCUT2D eigenvalue weighted by atomic mass is 9.93. The highest BCUT2D eigenvalue weighted by Crippen LogP contribution is 2.18. The molecule has 0 spiro atoms. The molecule has 1 aromatic carbocycles. The molecule has 116 valence electrons. The summed E-state index contributed by atoms with van der Waals surface area (Å²) in [4.78, 5) is 0. The van der Waals surface area contributed by atoms with Crippen molar-refractivity contribution in [2.45, 2.75) is 33.6 Å². The molecule has 0 aromatic heterocycles. The number of aliphatic hydroxyl groups excluding tert-OH is 1. The van der Waals surface area contributed by atoms with Crippen LogP contribution in [-0.2, 0) is 4.74 Å². The van der Waals surface area contributed by atoms with Crippen LogP contribution in [0.3, 0.4) is 0 Å². The van der Waals surface area contributed by atoms with E-state index in [0.717, 1.165) is 24.3 Å². The molecular formula is C18H26O3. The van der Waals surface area contributed by atoms with Crippen LogP contribution in [0.2, 0.25) is 0 Å². The first-order valence-electron chi connectivity index (χ1n) is 7.41. The molecule has 0 radical (unpaired) electrons. The topological polar surface area (TPSA) is 38.7 Å². The zero-order valence-corrected chi connectivity index (χ0v) is 13.3. The van der Waals surface area contributed by atoms with Crippen molar-refractivity contribution in [3.63, 3.8) is 0 Å². The Hall–Kier alpha value is -1.50. The Morgan fingerprint density at radius 1 is 1.14 bits per heavy atom. The molecule has 1 N–H and O–H groups in total. The molecule has 0 aliphatic carbocycles. The molecule has 0 bridgehead atoms. The van der Waals surface area contributed by atoms with Crippen molar-refractivity contribution < 1.29 is 14.6 Å². The normalized spacial score (nSPS) is 10.9. The maximum atomic E-state index is 8.69. The number of hydrogen-bond donors (Lipinski definition) is 1. The van der Waals surface area contributed by atoms with E-state index in [9.17, 15) is 0 Å². The van der Waals surface area contributed by atoms with E-state index in [2.05, 4.69) is 32.6 Å². The van der Waals surface area contributed by atoms with Crippen LogP contribution in [0.1, 0.15) is 39.2 Å². The second-order valence-electron chi connectivity index (χ2n) is 6.07. The van der Waals surface area contributed by atoms with Gasteiger partial charge in [-0.05, 0) is 30.0 Å². The summed E-state index contributed by atoms with van der Waals surface area (Å²) < 4.78 is 11.2. The molecule has 0 fully saturated rings. The first kappa shape index (κ1) is 17.6. The van der Waals surface area contributed by atoms with Crippen molar-refractivity contribution in [1.82, 2.24) is 0 Å². The van der Waals surface area contributed by atoms with Gasteiger partial charge in [-0.15, -0.1) is 0 Å². The summed E-state index contributed by atoms with van der Waals surface area (Å²) >= 11 is 0. The Bertz CT molecular complexity index is 463. The largest absolute Gasteiger partial charge is 0.491 e. The van der Waals surface area contributed by atoms with Gasteiger partial charge in [0.1, 0.15) is 12.4 Å². The van der Waals surface area contributed by atoms with E-state index < -0.39 is 0 Å². The average molecular weight is 290 g/mol. The van der Waals surface area contributed by atoms with Crippen LogP contribution >= 0.6 is 0 Å². The lowest BCUT2D eigenvalue weighted by Crippen LogP contribution is -2.12. The zero-order chi connectivity index (χ0) is 15.6. The first-order valence-corrected chi connectivity index (χ1v) is 7.41. The van der Waals surface area contributed by atoms with Crippen molar-refractivity contribution in [3.05, 3.63) is 29.8 Å². The molecule has 0 heterocycles. The summed E-state index contributed by atoms with van der Waals surface area (Å²) in [5.41, 5.74) is 1.21. The van der Waals surface area contributed by atoms with Crippen molar-refractivity contribution in [3.8, 4) is 17.6 Å². The van der Waals surface area contributed by atoms with Crippen LogP contribution in [0, 0.1) is 17.3 Å². The summed E-state index contributed by atoms with van der Waals surface area (Å²) in [7, 11) is 0. The number of benzene rings is 1. The van der Waals surface area contributed by atoms with Gasteiger partial charge in [0.05, 0.1) is 13.2 Å². The Balaban J connectivity index is 2.26. The van der Waals surface area contributed by atoms with E-state index in [4.69, 9.17) is 14.6 Å². The molecule has 0 unspecified atom stereocenters. The molecule has 0 atom stereocenters. The highest BCUT2D eigenvalue weighted by Gasteiger charge is 2.08. The lowest BCUT2D eigenvalue weighted by Gasteiger charge is -2.17. The molecule has 0 saturated carbocycles. The number of ether oxygens (including phenoxy) is 2. The zero-order valence-electron chi connectivity index (χ0n) is 13.3. The van der Waals surface area contributed by atoms with Crippen molar-refractivity contribution in [2.24, 2.45) is 5.41 Å². The third kappa shape index (κ3) is 9.12. The van der Waals surface area contributed by atoms with Crippen molar-refractivity contribution >= 4 is 0 Å². The second-order valence-corrected chi connectivity index (χ2v) is 6.07. The van der Waals surface area contributed by atoms with E-state index in [1.165, 1.54) is 0 Å². The summed E-state index contributed by atoms with van der Waals surface area (Å²) in [6, 6.07) is 7.65. The SMILES string of the molecule is CC(C)(C)CCOCCOc1cccc(C#CCCO)c1. The summed E-state index contributed by atoms with van der Waals surface area (Å²) in [5, 5.41) is 8.69. The van der Waals surface area contributed by atoms with Crippen LogP contribution in [-0.4, -0.2) is 31.5 Å². The van der Waals surface area contributed by atoms with E-state index in [1.807, 2.05) is 24.3 Å². The first-order chi connectivity index (χ1) is 10.0. The van der Waals surface area contributed by atoms with Gasteiger partial charge in [-0.1, -0.05) is 38.7 Å². The Kier molecular flexibility index (Phi) is 7.89. The monoisotopic (exact) mass is 290 g/mol. The minimum atomic E-state index is 0.0924. The summed E-state index contributed by atoms with van der Waals surface area (Å²) in [6.45, 7) is 8.60. The maximum Gasteiger partial charge on any atom is 0.120 e. The third-order valence-corrected chi connectivity index (χ3v) is 2.80. The summed E-state index contributed by atoms with van der Waals surface area (Å²) in [5.74, 6) is 6.68. The molecular weight excluding hydrogens is 264 g/mol. The second kappa shape index (κ2) is 9.44. The minimum absolute atomic E-state index is 0.0924. The van der Waals surface area contributed by atoms with E-state index in [0.29, 0.717) is 25.0 Å². The Labute approximate surface area is 128 Å². The molecule has 0 saturated heterocycles. The smallest absolute Gasteiger partial charge is 0.120 e. The van der Waals surface area contributed by atoms with E-state index >= 15 is 0 Å². The van der Waals surface area contributed by atoms with Crippen molar-refractivity contribution in [1.29, 1.82) is 0 Å². The molecule has 0 aliphatic heterocycles. The fourth-order valence-corrected chi connectivity index (χ4v) is 1.58. The third-order valence-electron chi connectivity index (χ3n) is 2.80. The highest BCUT2D eigenvalue weighted by molar-refractivity contribution is 5.39. The number of hydrogen-bond acceptors (Lipinski definition) is 3. The van der Waals surface area contributed by atoms with Gasteiger partial charge in [0.15, 0.2) is 0 Å². The molecule has 0 aliphatic rings. The predicted molar refractivity (Wildman–Crippen MR) is 85.4 cm³/mol. The fourth-order valence-electron chi connectivity index (χ4n) is 1.58. The maximum absolute atomic E-state index is 8.69. The van der Waals surface area contributed by atoms with Gasteiger partial charge in [0.25, 0.3) is 0 Å². The number of aliphatic hydroxyl groups is 1. The van der Waals surface area contributed by atoms with Gasteiger partial charge in [-0.3, -0.25) is 0 Å². The Morgan fingerprint density at radius 2 is 1.95 bits per heavy atom. The average Bonchev–Trinajstić information content (AvgIpc) is 2.42. The lowest BCUT2D eigenvalue weighted by molar-refractivity contribution is 0.0818. The quantitative estimate of drug-likeness (QED) is 0.619. The fraction of sp³-hybridized carbons (Fsp3) is 0.556. The van der Waals surface area contributed by atoms with Crippen LogP contribution < -0.4 is 4.74 Å². The van der Waals surface area contributed by atoms with Gasteiger partial charge in [0.2, 0.25) is 0 Å². The predicted octanol–water partition coefficient (Wildman–Crippen LogP) is 3.25. The molecule has 3 nitrogen and oxygen atoms in total. The summed E-state index contributed by atoms with van der Waals surface area (Å²) in [6.07, 6.45) is 1.54. The molecule has 1 aromatic rings.